The number of anilines is 2. The summed E-state index contributed by atoms with van der Waals surface area (Å²) < 4.78 is 19.6. The fourth-order valence-corrected chi connectivity index (χ4v) is 8.73. The van der Waals surface area contributed by atoms with Gasteiger partial charge >= 0.3 is 0 Å². The van der Waals surface area contributed by atoms with Crippen molar-refractivity contribution in [1.82, 2.24) is 34.1 Å². The quantitative estimate of drug-likeness (QED) is 0.296. The van der Waals surface area contributed by atoms with Crippen molar-refractivity contribution in [3.8, 4) is 11.3 Å². The number of hydrogen-bond acceptors (Lipinski definition) is 8. The van der Waals surface area contributed by atoms with Crippen molar-refractivity contribution in [1.29, 1.82) is 0 Å². The highest BCUT2D eigenvalue weighted by atomic mass is 19.1. The number of aliphatic hydroxyl groups is 1. The maximum atomic E-state index is 15.8. The van der Waals surface area contributed by atoms with Gasteiger partial charge in [-0.25, -0.2) is 9.37 Å². The predicted octanol–water partition coefficient (Wildman–Crippen LogP) is 5.00. The molecule has 1 saturated carbocycles. The van der Waals surface area contributed by atoms with E-state index in [0.717, 1.165) is 61.2 Å². The molecule has 1 aliphatic carbocycles. The minimum absolute atomic E-state index is 0.0545. The molecule has 0 bridgehead atoms. The Hall–Kier alpha value is -3.87. The molecular formula is C37H48FN9O2. The number of nitrogens with one attached hydrogen (secondary N) is 1. The summed E-state index contributed by atoms with van der Waals surface area (Å²) in [6.45, 7) is 8.83. The van der Waals surface area contributed by atoms with Crippen LogP contribution in [0, 0.1) is 18.2 Å². The molecular weight excluding hydrogens is 621 g/mol. The Morgan fingerprint density at radius 3 is 2.41 bits per heavy atom. The van der Waals surface area contributed by atoms with Gasteiger partial charge in [0, 0.05) is 68.5 Å². The fourth-order valence-electron chi connectivity index (χ4n) is 8.73. The molecule has 1 amide bonds. The first-order chi connectivity index (χ1) is 23.7. The molecule has 2 N–H and O–H groups in total. The van der Waals surface area contributed by atoms with Gasteiger partial charge in [-0.1, -0.05) is 0 Å². The third-order valence-electron chi connectivity index (χ3n) is 12.0. The van der Waals surface area contributed by atoms with Gasteiger partial charge in [-0.05, 0) is 108 Å². The second-order valence-corrected chi connectivity index (χ2v) is 15.1. The number of piperidine rings is 2. The normalized spacial score (nSPS) is 23.7. The first-order valence-corrected chi connectivity index (χ1v) is 18.0. The number of carbonyl (C=O) groups excluding carboxylic acids is 1. The highest BCUT2D eigenvalue weighted by Gasteiger charge is 2.46. The number of pyridine rings is 1. The molecule has 49 heavy (non-hydrogen) atoms. The monoisotopic (exact) mass is 669 g/mol. The van der Waals surface area contributed by atoms with Crippen LogP contribution in [0.4, 0.5) is 16.0 Å². The molecule has 3 saturated heterocycles. The predicted molar refractivity (Wildman–Crippen MR) is 188 cm³/mol. The van der Waals surface area contributed by atoms with E-state index >= 15 is 4.39 Å². The Balaban J connectivity index is 1.02. The lowest BCUT2D eigenvalue weighted by molar-refractivity contribution is -0.0704. The summed E-state index contributed by atoms with van der Waals surface area (Å²) in [6, 6.07) is 8.49. The Morgan fingerprint density at radius 2 is 1.71 bits per heavy atom. The molecule has 6 heterocycles. The number of aromatic nitrogens is 5. The number of rotatable bonds is 6. The van der Waals surface area contributed by atoms with E-state index in [2.05, 4.69) is 53.8 Å². The third kappa shape index (κ3) is 6.01. The van der Waals surface area contributed by atoms with Crippen LogP contribution >= 0.6 is 0 Å². The molecule has 1 aromatic carbocycles. The van der Waals surface area contributed by atoms with Gasteiger partial charge in [0.05, 0.1) is 28.9 Å². The van der Waals surface area contributed by atoms with Gasteiger partial charge in [0.1, 0.15) is 5.69 Å². The molecule has 11 nitrogen and oxygen atoms in total. The van der Waals surface area contributed by atoms with E-state index in [0.29, 0.717) is 35.8 Å². The van der Waals surface area contributed by atoms with Crippen LogP contribution in [0.5, 0.6) is 0 Å². The van der Waals surface area contributed by atoms with Crippen LogP contribution in [0.25, 0.3) is 22.3 Å². The van der Waals surface area contributed by atoms with Crippen molar-refractivity contribution < 1.29 is 14.3 Å². The number of amides is 1. The van der Waals surface area contributed by atoms with Crippen LogP contribution in [0.1, 0.15) is 73.5 Å². The summed E-state index contributed by atoms with van der Waals surface area (Å²) in [6.07, 6.45) is 10.6. The van der Waals surface area contributed by atoms with Crippen LogP contribution < -0.4 is 10.2 Å². The van der Waals surface area contributed by atoms with Crippen LogP contribution in [-0.4, -0.2) is 104 Å². The zero-order valence-electron chi connectivity index (χ0n) is 28.9. The largest absolute Gasteiger partial charge is 0.393 e. The molecule has 0 atom stereocenters. The third-order valence-corrected chi connectivity index (χ3v) is 12.0. The Morgan fingerprint density at radius 1 is 0.980 bits per heavy atom. The zero-order valence-corrected chi connectivity index (χ0v) is 28.9. The summed E-state index contributed by atoms with van der Waals surface area (Å²) in [5.41, 5.74) is 4.75. The molecule has 12 heteroatoms. The molecule has 0 radical (unpaired) electrons. The van der Waals surface area contributed by atoms with Gasteiger partial charge in [-0.3, -0.25) is 24.7 Å². The Bertz CT molecular complexity index is 1840. The van der Waals surface area contributed by atoms with Crippen LogP contribution in [0.3, 0.4) is 0 Å². The minimum atomic E-state index is -0.690. The van der Waals surface area contributed by atoms with E-state index in [1.165, 1.54) is 51.3 Å². The van der Waals surface area contributed by atoms with Crippen molar-refractivity contribution >= 4 is 28.6 Å². The molecule has 4 aliphatic rings. The number of aryl methyl sites for hydroxylation is 1. The van der Waals surface area contributed by atoms with Crippen LogP contribution in [0.15, 0.2) is 36.7 Å². The number of hydrogen-bond donors (Lipinski definition) is 2. The van der Waals surface area contributed by atoms with Crippen molar-refractivity contribution in [2.45, 2.75) is 76.5 Å². The van der Waals surface area contributed by atoms with E-state index in [9.17, 15) is 9.90 Å². The molecule has 260 valence electrons. The van der Waals surface area contributed by atoms with Gasteiger partial charge < -0.3 is 19.5 Å². The molecule has 3 aliphatic heterocycles. The maximum Gasteiger partial charge on any atom is 0.261 e. The van der Waals surface area contributed by atoms with Crippen molar-refractivity contribution in [3.05, 3.63) is 53.7 Å². The first kappa shape index (κ1) is 32.3. The van der Waals surface area contributed by atoms with E-state index < -0.39 is 11.7 Å². The topological polar surface area (TPSA) is 108 Å². The standard InChI is InChI=1S/C37H48FN9O2/c1-24-30(21-40-44(24)3)34-33(38)29(10-15-39-34)35(49)42-36-41-31-9-6-27(20-32(31)47(36)26-4-7-28(48)8-5-26)45-16-11-25(12-17-45)46-22-37(23-46)13-18-43(2)19-14-37/h6,9-10,15,20-21,25-26,28,48H,4-5,7-8,11-14,16-19,22-23H2,1-3H3,(H,41,42,49)/t26-,28+. The minimum Gasteiger partial charge on any atom is -0.393 e. The number of carbonyl (C=O) groups is 1. The van der Waals surface area contributed by atoms with Gasteiger partial charge in [-0.15, -0.1) is 0 Å². The molecule has 4 aromatic rings. The van der Waals surface area contributed by atoms with Gasteiger partial charge in [-0.2, -0.15) is 5.10 Å². The Labute approximate surface area is 287 Å². The lowest BCUT2D eigenvalue weighted by Gasteiger charge is -2.57. The van der Waals surface area contributed by atoms with E-state index in [-0.39, 0.29) is 23.4 Å². The van der Waals surface area contributed by atoms with Crippen LogP contribution in [-0.2, 0) is 7.05 Å². The summed E-state index contributed by atoms with van der Waals surface area (Å²) in [5, 5.41) is 17.5. The average Bonchev–Trinajstić information content (AvgIpc) is 3.62. The van der Waals surface area contributed by atoms with E-state index in [4.69, 9.17) is 4.98 Å². The summed E-state index contributed by atoms with van der Waals surface area (Å²) in [7, 11) is 4.03. The number of aliphatic hydroxyl groups excluding tert-OH is 1. The zero-order chi connectivity index (χ0) is 33.9. The first-order valence-electron chi connectivity index (χ1n) is 18.0. The summed E-state index contributed by atoms with van der Waals surface area (Å²) in [5.74, 6) is -0.872. The summed E-state index contributed by atoms with van der Waals surface area (Å²) >= 11 is 0. The molecule has 0 unspecified atom stereocenters. The number of likely N-dealkylation sites (tertiary alicyclic amines) is 2. The second-order valence-electron chi connectivity index (χ2n) is 15.1. The highest BCUT2D eigenvalue weighted by Crippen LogP contribution is 2.43. The fraction of sp³-hybridized carbons (Fsp3) is 0.568. The van der Waals surface area contributed by atoms with E-state index in [1.807, 2.05) is 13.0 Å². The second kappa shape index (κ2) is 12.8. The maximum absolute atomic E-state index is 15.8. The van der Waals surface area contributed by atoms with Gasteiger partial charge in [0.15, 0.2) is 5.82 Å². The number of benzene rings is 1. The van der Waals surface area contributed by atoms with Crippen LogP contribution in [0.2, 0.25) is 0 Å². The number of imidazole rings is 1. The Kier molecular flexibility index (Phi) is 8.44. The van der Waals surface area contributed by atoms with Crippen molar-refractivity contribution in [2.24, 2.45) is 12.5 Å². The number of nitrogens with zero attached hydrogens (tertiary/aromatic N) is 8. The summed E-state index contributed by atoms with van der Waals surface area (Å²) in [4.78, 5) is 30.5. The smallest absolute Gasteiger partial charge is 0.261 e. The van der Waals surface area contributed by atoms with Gasteiger partial charge in [0.25, 0.3) is 5.91 Å². The van der Waals surface area contributed by atoms with Crippen molar-refractivity contribution in [3.63, 3.8) is 0 Å². The number of halogens is 1. The lowest BCUT2D eigenvalue weighted by atomic mass is 9.71. The van der Waals surface area contributed by atoms with Crippen molar-refractivity contribution in [2.75, 3.05) is 56.5 Å². The molecule has 4 fully saturated rings. The lowest BCUT2D eigenvalue weighted by Crippen LogP contribution is -2.63. The van der Waals surface area contributed by atoms with E-state index in [1.54, 1.807) is 17.9 Å². The molecule has 1 spiro atoms. The SMILES string of the molecule is Cc1c(-c2nccc(C(=O)Nc3nc4ccc(N5CCC(N6CC7(CCN(C)CC7)C6)CC5)cc4n3[C@H]3CC[C@@H](O)CC3)c2F)cnn1C. The number of fused-ring (bicyclic) bond motifs is 1. The average molecular weight is 670 g/mol. The van der Waals surface area contributed by atoms with Gasteiger partial charge in [0.2, 0.25) is 5.95 Å². The molecule has 8 rings (SSSR count). The highest BCUT2D eigenvalue weighted by molar-refractivity contribution is 6.05. The molecule has 3 aromatic heterocycles.